The van der Waals surface area contributed by atoms with Crippen molar-refractivity contribution in [3.63, 3.8) is 0 Å². The SMILES string of the molecule is c1ccc(-c2ccccc2-c2ccccc2-c2ccc(N(c3cccc(-c4cc5ccccc5o4)c3)c3ccc4ccccc4c3)cc2)cc1. The molecule has 0 saturated heterocycles. The van der Waals surface area contributed by atoms with Crippen LogP contribution < -0.4 is 4.90 Å². The van der Waals surface area contributed by atoms with E-state index in [2.05, 4.69) is 187 Å². The Balaban J connectivity index is 1.14. The van der Waals surface area contributed by atoms with Crippen molar-refractivity contribution in [3.8, 4) is 44.7 Å². The normalized spacial score (nSPS) is 11.2. The summed E-state index contributed by atoms with van der Waals surface area (Å²) in [7, 11) is 0. The zero-order valence-corrected chi connectivity index (χ0v) is 27.4. The third kappa shape index (κ3) is 5.53. The molecule has 0 spiro atoms. The summed E-state index contributed by atoms with van der Waals surface area (Å²) in [6.45, 7) is 0. The highest BCUT2D eigenvalue weighted by Crippen LogP contribution is 2.41. The van der Waals surface area contributed by atoms with E-state index in [1.165, 1.54) is 44.2 Å². The zero-order valence-electron chi connectivity index (χ0n) is 27.4. The van der Waals surface area contributed by atoms with Crippen molar-refractivity contribution < 1.29 is 4.42 Å². The van der Waals surface area contributed by atoms with E-state index in [1.807, 2.05) is 18.2 Å². The molecule has 0 aliphatic heterocycles. The van der Waals surface area contributed by atoms with Gasteiger partial charge in [0.05, 0.1) is 0 Å². The van der Waals surface area contributed by atoms with Crippen molar-refractivity contribution in [2.45, 2.75) is 0 Å². The first-order valence-corrected chi connectivity index (χ1v) is 17.0. The Kier molecular flexibility index (Phi) is 7.53. The number of anilines is 3. The van der Waals surface area contributed by atoms with Crippen molar-refractivity contribution >= 4 is 38.8 Å². The van der Waals surface area contributed by atoms with Crippen molar-refractivity contribution in [1.29, 1.82) is 0 Å². The summed E-state index contributed by atoms with van der Waals surface area (Å²) < 4.78 is 6.29. The van der Waals surface area contributed by atoms with Gasteiger partial charge in [-0.25, -0.2) is 0 Å². The number of hydrogen-bond acceptors (Lipinski definition) is 2. The minimum Gasteiger partial charge on any atom is -0.456 e. The zero-order chi connectivity index (χ0) is 33.3. The van der Waals surface area contributed by atoms with E-state index >= 15 is 0 Å². The third-order valence-corrected chi connectivity index (χ3v) is 9.47. The van der Waals surface area contributed by atoms with Crippen molar-refractivity contribution in [2.24, 2.45) is 0 Å². The minimum absolute atomic E-state index is 0.856. The molecule has 50 heavy (non-hydrogen) atoms. The van der Waals surface area contributed by atoms with Crippen LogP contribution in [0, 0.1) is 0 Å². The van der Waals surface area contributed by atoms with Crippen LogP contribution in [-0.2, 0) is 0 Å². The predicted molar refractivity (Wildman–Crippen MR) is 210 cm³/mol. The van der Waals surface area contributed by atoms with Gasteiger partial charge in [0.2, 0.25) is 0 Å². The van der Waals surface area contributed by atoms with Crippen LogP contribution in [0.1, 0.15) is 0 Å². The van der Waals surface area contributed by atoms with E-state index < -0.39 is 0 Å². The van der Waals surface area contributed by atoms with Crippen LogP contribution in [0.25, 0.3) is 66.4 Å². The van der Waals surface area contributed by atoms with E-state index in [-0.39, 0.29) is 0 Å². The summed E-state index contributed by atoms with van der Waals surface area (Å²) in [5, 5.41) is 3.52. The number of benzene rings is 8. The summed E-state index contributed by atoms with van der Waals surface area (Å²) >= 11 is 0. The average molecular weight is 640 g/mol. The standard InChI is InChI=1S/C48H33NO/c1-2-14-35(15-3-1)43-20-7-9-22-45(43)46-23-10-8-21-44(46)36-26-28-40(29-27-36)49(42-30-25-34-13-4-5-16-37(34)31-42)41-19-12-18-38(32-41)48-33-39-17-6-11-24-47(39)50-48/h1-33H. The van der Waals surface area contributed by atoms with Gasteiger partial charge >= 0.3 is 0 Å². The van der Waals surface area contributed by atoms with Gasteiger partial charge < -0.3 is 9.32 Å². The Morgan fingerprint density at radius 2 is 0.840 bits per heavy atom. The van der Waals surface area contributed by atoms with E-state index in [0.29, 0.717) is 0 Å². The molecule has 236 valence electrons. The van der Waals surface area contributed by atoms with Crippen LogP contribution in [0.2, 0.25) is 0 Å². The van der Waals surface area contributed by atoms with Gasteiger partial charge in [-0.05, 0) is 92.7 Å². The van der Waals surface area contributed by atoms with Gasteiger partial charge in [-0.15, -0.1) is 0 Å². The molecule has 0 saturated carbocycles. The second kappa shape index (κ2) is 12.8. The van der Waals surface area contributed by atoms with E-state index in [1.54, 1.807) is 0 Å². The maximum absolute atomic E-state index is 6.29. The summed E-state index contributed by atoms with van der Waals surface area (Å²) in [5.41, 5.74) is 12.4. The fourth-order valence-electron chi connectivity index (χ4n) is 7.03. The van der Waals surface area contributed by atoms with Gasteiger partial charge in [0.1, 0.15) is 11.3 Å². The molecule has 0 aliphatic carbocycles. The topological polar surface area (TPSA) is 16.4 Å². The number of para-hydroxylation sites is 1. The Labute approximate surface area is 292 Å². The van der Waals surface area contributed by atoms with Gasteiger partial charge in [-0.1, -0.05) is 152 Å². The molecule has 0 aliphatic rings. The van der Waals surface area contributed by atoms with Crippen LogP contribution in [0.3, 0.4) is 0 Å². The lowest BCUT2D eigenvalue weighted by Gasteiger charge is -2.26. The van der Waals surface area contributed by atoms with Crippen LogP contribution in [-0.4, -0.2) is 0 Å². The van der Waals surface area contributed by atoms with Crippen LogP contribution in [0.5, 0.6) is 0 Å². The van der Waals surface area contributed by atoms with Crippen molar-refractivity contribution in [3.05, 3.63) is 200 Å². The summed E-state index contributed by atoms with van der Waals surface area (Å²) in [6, 6.07) is 71.1. The Bertz CT molecular complexity index is 2560. The highest BCUT2D eigenvalue weighted by molar-refractivity contribution is 5.93. The molecular weight excluding hydrogens is 607 g/mol. The first-order valence-electron chi connectivity index (χ1n) is 17.0. The molecule has 0 unspecified atom stereocenters. The maximum Gasteiger partial charge on any atom is 0.135 e. The molecule has 0 fully saturated rings. The smallest absolute Gasteiger partial charge is 0.135 e. The predicted octanol–water partition coefficient (Wildman–Crippen LogP) is 13.7. The lowest BCUT2D eigenvalue weighted by molar-refractivity contribution is 0.631. The molecule has 2 nitrogen and oxygen atoms in total. The fraction of sp³-hybridized carbons (Fsp3) is 0. The second-order valence-electron chi connectivity index (χ2n) is 12.6. The molecule has 0 radical (unpaired) electrons. The van der Waals surface area contributed by atoms with Crippen molar-refractivity contribution in [1.82, 2.24) is 0 Å². The Morgan fingerprint density at radius 1 is 0.300 bits per heavy atom. The highest BCUT2D eigenvalue weighted by Gasteiger charge is 2.17. The second-order valence-corrected chi connectivity index (χ2v) is 12.6. The number of fused-ring (bicyclic) bond motifs is 2. The highest BCUT2D eigenvalue weighted by atomic mass is 16.3. The van der Waals surface area contributed by atoms with Crippen LogP contribution in [0.15, 0.2) is 205 Å². The van der Waals surface area contributed by atoms with E-state index in [4.69, 9.17) is 4.42 Å². The molecule has 8 aromatic carbocycles. The van der Waals surface area contributed by atoms with Gasteiger partial charge in [0.15, 0.2) is 0 Å². The molecule has 0 atom stereocenters. The largest absolute Gasteiger partial charge is 0.456 e. The molecule has 0 amide bonds. The first kappa shape index (κ1) is 29.5. The number of rotatable bonds is 7. The summed E-state index contributed by atoms with van der Waals surface area (Å²) in [6.07, 6.45) is 0. The van der Waals surface area contributed by atoms with Crippen LogP contribution in [0.4, 0.5) is 17.1 Å². The number of furan rings is 1. The minimum atomic E-state index is 0.856. The molecule has 0 bridgehead atoms. The molecule has 2 heteroatoms. The monoisotopic (exact) mass is 639 g/mol. The quantitative estimate of drug-likeness (QED) is 0.173. The van der Waals surface area contributed by atoms with Gasteiger partial charge in [0.25, 0.3) is 0 Å². The van der Waals surface area contributed by atoms with E-state index in [0.717, 1.165) is 39.4 Å². The summed E-state index contributed by atoms with van der Waals surface area (Å²) in [4.78, 5) is 2.33. The summed E-state index contributed by atoms with van der Waals surface area (Å²) in [5.74, 6) is 0.856. The molecule has 0 N–H and O–H groups in total. The Hall–Kier alpha value is -6.64. The molecular formula is C48H33NO. The maximum atomic E-state index is 6.29. The van der Waals surface area contributed by atoms with Crippen molar-refractivity contribution in [2.75, 3.05) is 4.90 Å². The van der Waals surface area contributed by atoms with E-state index in [9.17, 15) is 0 Å². The first-order chi connectivity index (χ1) is 24.8. The molecule has 1 aromatic heterocycles. The van der Waals surface area contributed by atoms with Gasteiger partial charge in [-0.3, -0.25) is 0 Å². The average Bonchev–Trinajstić information content (AvgIpc) is 3.64. The van der Waals surface area contributed by atoms with Gasteiger partial charge in [-0.2, -0.15) is 0 Å². The molecule has 1 heterocycles. The number of hydrogen-bond donors (Lipinski definition) is 0. The molecule has 9 rings (SSSR count). The third-order valence-electron chi connectivity index (χ3n) is 9.47. The fourth-order valence-corrected chi connectivity index (χ4v) is 7.03. The Morgan fingerprint density at radius 3 is 1.56 bits per heavy atom. The van der Waals surface area contributed by atoms with Gasteiger partial charge in [0, 0.05) is 28.0 Å². The lowest BCUT2D eigenvalue weighted by Crippen LogP contribution is -2.10. The lowest BCUT2D eigenvalue weighted by atomic mass is 9.89. The van der Waals surface area contributed by atoms with Crippen LogP contribution >= 0.6 is 0 Å². The number of nitrogens with zero attached hydrogens (tertiary/aromatic N) is 1. The molecule has 9 aromatic rings.